The van der Waals surface area contributed by atoms with Gasteiger partial charge in [0.1, 0.15) is 5.82 Å². The highest BCUT2D eigenvalue weighted by atomic mass is 16.5. The fourth-order valence-electron chi connectivity index (χ4n) is 1.90. The molecule has 108 valence electrons. The Bertz CT molecular complexity index is 684. The first-order valence-electron chi connectivity index (χ1n) is 6.83. The van der Waals surface area contributed by atoms with Gasteiger partial charge < -0.3 is 10.1 Å². The van der Waals surface area contributed by atoms with E-state index in [4.69, 9.17) is 4.74 Å². The van der Waals surface area contributed by atoms with E-state index in [9.17, 15) is 0 Å². The fourth-order valence-corrected chi connectivity index (χ4v) is 1.90. The first-order valence-corrected chi connectivity index (χ1v) is 6.83. The van der Waals surface area contributed by atoms with Crippen molar-refractivity contribution < 1.29 is 4.74 Å². The van der Waals surface area contributed by atoms with E-state index in [0.717, 1.165) is 18.8 Å². The largest absolute Gasteiger partial charge is 0.377 e. The van der Waals surface area contributed by atoms with E-state index in [2.05, 4.69) is 38.1 Å². The Labute approximate surface area is 121 Å². The zero-order chi connectivity index (χ0) is 14.3. The monoisotopic (exact) mass is 284 g/mol. The molecule has 1 aromatic carbocycles. The molecule has 0 aliphatic carbocycles. The molecular weight excluding hydrogens is 268 g/mol. The van der Waals surface area contributed by atoms with Crippen LogP contribution in [0.25, 0.3) is 5.65 Å². The van der Waals surface area contributed by atoms with Crippen molar-refractivity contribution in [2.45, 2.75) is 13.0 Å². The molecule has 0 spiro atoms. The van der Waals surface area contributed by atoms with Crippen molar-refractivity contribution in [3.05, 3.63) is 48.0 Å². The lowest BCUT2D eigenvalue weighted by Gasteiger charge is -2.06. The standard InChI is InChI=1S/C14H16N6O/c1-2-5-12(6-3-1)11-21-10-4-9-15-13-7-8-14-16-18-19-20(14)17-13/h1-3,5-8H,4,9-11H2,(H,15,17). The van der Waals surface area contributed by atoms with Gasteiger partial charge in [-0.3, -0.25) is 0 Å². The highest BCUT2D eigenvalue weighted by molar-refractivity contribution is 5.41. The van der Waals surface area contributed by atoms with Crippen molar-refractivity contribution in [3.63, 3.8) is 0 Å². The first-order chi connectivity index (χ1) is 10.4. The Morgan fingerprint density at radius 3 is 2.90 bits per heavy atom. The Kier molecular flexibility index (Phi) is 4.33. The highest BCUT2D eigenvalue weighted by Gasteiger charge is 1.99. The molecular formula is C14H16N6O. The number of hydrogen-bond donors (Lipinski definition) is 1. The second kappa shape index (κ2) is 6.76. The fraction of sp³-hybridized carbons (Fsp3) is 0.286. The van der Waals surface area contributed by atoms with Gasteiger partial charge in [-0.15, -0.1) is 14.8 Å². The molecule has 0 bridgehead atoms. The minimum atomic E-state index is 0.631. The number of rotatable bonds is 7. The molecule has 3 rings (SSSR count). The molecule has 2 heterocycles. The summed E-state index contributed by atoms with van der Waals surface area (Å²) >= 11 is 0. The lowest BCUT2D eigenvalue weighted by molar-refractivity contribution is 0.120. The van der Waals surface area contributed by atoms with Crippen LogP contribution >= 0.6 is 0 Å². The number of benzene rings is 1. The van der Waals surface area contributed by atoms with Gasteiger partial charge in [-0.25, -0.2) is 0 Å². The van der Waals surface area contributed by atoms with E-state index in [0.29, 0.717) is 18.9 Å². The normalized spacial score (nSPS) is 10.9. The quantitative estimate of drug-likeness (QED) is 0.663. The van der Waals surface area contributed by atoms with Crippen molar-refractivity contribution in [1.82, 2.24) is 25.3 Å². The number of nitrogens with zero attached hydrogens (tertiary/aromatic N) is 5. The lowest BCUT2D eigenvalue weighted by atomic mass is 10.2. The van der Waals surface area contributed by atoms with Gasteiger partial charge in [-0.05, 0) is 34.5 Å². The summed E-state index contributed by atoms with van der Waals surface area (Å²) in [6, 6.07) is 13.8. The van der Waals surface area contributed by atoms with Crippen molar-refractivity contribution in [2.75, 3.05) is 18.5 Å². The van der Waals surface area contributed by atoms with Gasteiger partial charge in [0.05, 0.1) is 6.61 Å². The summed E-state index contributed by atoms with van der Waals surface area (Å²) in [4.78, 5) is 0. The van der Waals surface area contributed by atoms with Crippen LogP contribution in [0.4, 0.5) is 5.82 Å². The van der Waals surface area contributed by atoms with E-state index >= 15 is 0 Å². The summed E-state index contributed by atoms with van der Waals surface area (Å²) in [6.45, 7) is 2.14. The van der Waals surface area contributed by atoms with Gasteiger partial charge in [-0.1, -0.05) is 30.3 Å². The van der Waals surface area contributed by atoms with Crippen LogP contribution in [-0.2, 0) is 11.3 Å². The van der Waals surface area contributed by atoms with Gasteiger partial charge in [-0.2, -0.15) is 0 Å². The predicted molar refractivity (Wildman–Crippen MR) is 77.8 cm³/mol. The molecule has 2 aromatic heterocycles. The summed E-state index contributed by atoms with van der Waals surface area (Å²) in [5.41, 5.74) is 1.82. The van der Waals surface area contributed by atoms with Gasteiger partial charge in [0.15, 0.2) is 5.65 Å². The SMILES string of the molecule is c1ccc(COCCCNc2ccc3nnnn3n2)cc1. The molecule has 1 N–H and O–H groups in total. The van der Waals surface area contributed by atoms with Gasteiger partial charge in [0, 0.05) is 13.2 Å². The average Bonchev–Trinajstić information content (AvgIpc) is 2.99. The molecule has 0 amide bonds. The Morgan fingerprint density at radius 2 is 2.00 bits per heavy atom. The second-order valence-electron chi connectivity index (χ2n) is 4.56. The zero-order valence-electron chi connectivity index (χ0n) is 11.5. The minimum Gasteiger partial charge on any atom is -0.377 e. The molecule has 3 aromatic rings. The van der Waals surface area contributed by atoms with Crippen molar-refractivity contribution in [2.24, 2.45) is 0 Å². The molecule has 0 saturated heterocycles. The summed E-state index contributed by atoms with van der Waals surface area (Å²) in [5, 5.41) is 18.5. The maximum Gasteiger partial charge on any atom is 0.200 e. The van der Waals surface area contributed by atoms with Crippen LogP contribution in [0.1, 0.15) is 12.0 Å². The summed E-state index contributed by atoms with van der Waals surface area (Å²) in [5.74, 6) is 0.748. The summed E-state index contributed by atoms with van der Waals surface area (Å²) < 4.78 is 7.01. The summed E-state index contributed by atoms with van der Waals surface area (Å²) in [6.07, 6.45) is 0.905. The topological polar surface area (TPSA) is 77.2 Å². The van der Waals surface area contributed by atoms with Crippen molar-refractivity contribution >= 4 is 11.5 Å². The third kappa shape index (κ3) is 3.73. The van der Waals surface area contributed by atoms with Crippen LogP contribution in [0.3, 0.4) is 0 Å². The van der Waals surface area contributed by atoms with Gasteiger partial charge >= 0.3 is 0 Å². The van der Waals surface area contributed by atoms with E-state index in [1.807, 2.05) is 30.3 Å². The van der Waals surface area contributed by atoms with E-state index in [-0.39, 0.29) is 0 Å². The predicted octanol–water partition coefficient (Wildman–Crippen LogP) is 1.54. The van der Waals surface area contributed by atoms with E-state index in [1.165, 1.54) is 10.2 Å². The molecule has 0 radical (unpaired) electrons. The Balaban J connectivity index is 1.36. The number of anilines is 1. The van der Waals surface area contributed by atoms with Crippen LogP contribution in [0.15, 0.2) is 42.5 Å². The maximum absolute atomic E-state index is 5.62. The smallest absolute Gasteiger partial charge is 0.200 e. The van der Waals surface area contributed by atoms with Gasteiger partial charge in [0.2, 0.25) is 0 Å². The second-order valence-corrected chi connectivity index (χ2v) is 4.56. The molecule has 0 aliphatic heterocycles. The molecule has 0 atom stereocenters. The lowest BCUT2D eigenvalue weighted by Crippen LogP contribution is -2.08. The van der Waals surface area contributed by atoms with Crippen molar-refractivity contribution in [3.8, 4) is 0 Å². The number of nitrogens with one attached hydrogen (secondary N) is 1. The molecule has 0 aliphatic rings. The van der Waals surface area contributed by atoms with Crippen LogP contribution in [-0.4, -0.2) is 38.4 Å². The number of ether oxygens (including phenoxy) is 1. The summed E-state index contributed by atoms with van der Waals surface area (Å²) in [7, 11) is 0. The van der Waals surface area contributed by atoms with Gasteiger partial charge in [0.25, 0.3) is 0 Å². The van der Waals surface area contributed by atoms with Crippen molar-refractivity contribution in [1.29, 1.82) is 0 Å². The third-order valence-corrected chi connectivity index (χ3v) is 2.95. The molecule has 0 fully saturated rings. The Morgan fingerprint density at radius 1 is 1.10 bits per heavy atom. The Hall–Kier alpha value is -2.54. The molecule has 7 heteroatoms. The number of aromatic nitrogens is 5. The van der Waals surface area contributed by atoms with E-state index in [1.54, 1.807) is 0 Å². The minimum absolute atomic E-state index is 0.631. The highest BCUT2D eigenvalue weighted by Crippen LogP contribution is 2.04. The zero-order valence-corrected chi connectivity index (χ0v) is 11.5. The molecule has 0 unspecified atom stereocenters. The average molecular weight is 284 g/mol. The van der Waals surface area contributed by atoms with Crippen LogP contribution in [0.5, 0.6) is 0 Å². The number of fused-ring (bicyclic) bond motifs is 1. The van der Waals surface area contributed by atoms with Crippen LogP contribution < -0.4 is 5.32 Å². The number of hydrogen-bond acceptors (Lipinski definition) is 6. The van der Waals surface area contributed by atoms with Crippen LogP contribution in [0.2, 0.25) is 0 Å². The maximum atomic E-state index is 5.62. The van der Waals surface area contributed by atoms with E-state index < -0.39 is 0 Å². The number of tetrazole rings is 1. The molecule has 21 heavy (non-hydrogen) atoms. The molecule has 0 saturated carbocycles. The van der Waals surface area contributed by atoms with Crippen LogP contribution in [0, 0.1) is 0 Å². The third-order valence-electron chi connectivity index (χ3n) is 2.95. The first kappa shape index (κ1) is 13.4. The molecule has 7 nitrogen and oxygen atoms in total.